The minimum absolute atomic E-state index is 0.0336. The molecule has 0 spiro atoms. The van der Waals surface area contributed by atoms with Crippen LogP contribution in [0.4, 0.5) is 0 Å². The predicted molar refractivity (Wildman–Crippen MR) is 95.6 cm³/mol. The third kappa shape index (κ3) is 5.75. The van der Waals surface area contributed by atoms with Crippen molar-refractivity contribution in [2.75, 3.05) is 26.8 Å². The number of ether oxygens (including phenoxy) is 2. The minimum Gasteiger partial charge on any atom is -0.496 e. The quantitative estimate of drug-likeness (QED) is 0.748. The zero-order valence-corrected chi connectivity index (χ0v) is 15.3. The first-order valence-corrected chi connectivity index (χ1v) is 8.87. The Kier molecular flexibility index (Phi) is 7.44. The van der Waals surface area contributed by atoms with Crippen LogP contribution in [0.5, 0.6) is 5.75 Å². The van der Waals surface area contributed by atoms with Gasteiger partial charge in [-0.2, -0.15) is 0 Å². The lowest BCUT2D eigenvalue weighted by Crippen LogP contribution is -2.37. The first-order valence-electron chi connectivity index (χ1n) is 8.87. The van der Waals surface area contributed by atoms with Gasteiger partial charge in [-0.25, -0.2) is 0 Å². The number of hydrogen-bond acceptors (Lipinski definition) is 5. The van der Waals surface area contributed by atoms with Crippen LogP contribution in [0.2, 0.25) is 0 Å². The Morgan fingerprint density at radius 1 is 1.23 bits per heavy atom. The SMILES string of the molecule is COc1ccccc1C(C)NC(=O)COC(=O)CN1CCCCCC1=O. The van der Waals surface area contributed by atoms with Gasteiger partial charge >= 0.3 is 5.97 Å². The van der Waals surface area contributed by atoms with Gasteiger partial charge in [0, 0.05) is 18.5 Å². The number of nitrogens with one attached hydrogen (secondary N) is 1. The predicted octanol–water partition coefficient (Wildman–Crippen LogP) is 1.82. The van der Waals surface area contributed by atoms with Gasteiger partial charge < -0.3 is 19.7 Å². The Morgan fingerprint density at radius 3 is 2.77 bits per heavy atom. The van der Waals surface area contributed by atoms with Crippen LogP contribution >= 0.6 is 0 Å². The van der Waals surface area contributed by atoms with Crippen LogP contribution in [0.1, 0.15) is 44.2 Å². The van der Waals surface area contributed by atoms with Gasteiger partial charge in [0.25, 0.3) is 5.91 Å². The van der Waals surface area contributed by atoms with Crippen molar-refractivity contribution in [1.29, 1.82) is 0 Å². The molecule has 0 radical (unpaired) electrons. The molecule has 7 nitrogen and oxygen atoms in total. The van der Waals surface area contributed by atoms with E-state index in [-0.39, 0.29) is 25.1 Å². The van der Waals surface area contributed by atoms with Crippen LogP contribution in [0.15, 0.2) is 24.3 Å². The monoisotopic (exact) mass is 362 g/mol. The summed E-state index contributed by atoms with van der Waals surface area (Å²) in [6.45, 7) is 1.91. The van der Waals surface area contributed by atoms with Crippen molar-refractivity contribution in [2.45, 2.75) is 38.6 Å². The van der Waals surface area contributed by atoms with E-state index < -0.39 is 11.9 Å². The number of nitrogens with zero attached hydrogens (tertiary/aromatic N) is 1. The summed E-state index contributed by atoms with van der Waals surface area (Å²) in [5.41, 5.74) is 0.838. The number of rotatable bonds is 7. The normalized spacial score (nSPS) is 15.8. The van der Waals surface area contributed by atoms with E-state index in [1.165, 1.54) is 4.90 Å². The van der Waals surface area contributed by atoms with Crippen LogP contribution < -0.4 is 10.1 Å². The highest BCUT2D eigenvalue weighted by atomic mass is 16.5. The molecule has 1 aliphatic rings. The van der Waals surface area contributed by atoms with Crippen LogP contribution in [0.25, 0.3) is 0 Å². The molecule has 1 saturated heterocycles. The fourth-order valence-electron chi connectivity index (χ4n) is 2.94. The second-order valence-electron chi connectivity index (χ2n) is 6.32. The maximum absolute atomic E-state index is 12.0. The average molecular weight is 362 g/mol. The summed E-state index contributed by atoms with van der Waals surface area (Å²) < 4.78 is 10.3. The van der Waals surface area contributed by atoms with Crippen LogP contribution in [-0.4, -0.2) is 49.5 Å². The standard InChI is InChI=1S/C19H26N2O5/c1-14(15-8-5-6-9-16(15)25-2)20-17(22)13-26-19(24)12-21-11-7-3-4-10-18(21)23/h5-6,8-9,14H,3-4,7,10-13H2,1-2H3,(H,20,22). The Labute approximate surface area is 153 Å². The first-order chi connectivity index (χ1) is 12.5. The van der Waals surface area contributed by atoms with Crippen LogP contribution in [0.3, 0.4) is 0 Å². The molecule has 2 rings (SSSR count). The molecule has 1 aromatic rings. The number of methoxy groups -OCH3 is 1. The minimum atomic E-state index is -0.569. The largest absolute Gasteiger partial charge is 0.496 e. The molecule has 1 atom stereocenters. The van der Waals surface area contributed by atoms with Gasteiger partial charge in [0.15, 0.2) is 6.61 Å². The van der Waals surface area contributed by atoms with Crippen molar-refractivity contribution in [3.63, 3.8) is 0 Å². The number of benzene rings is 1. The van der Waals surface area contributed by atoms with Crippen molar-refractivity contribution in [2.24, 2.45) is 0 Å². The molecular formula is C19H26N2O5. The number of hydrogen-bond donors (Lipinski definition) is 1. The number of likely N-dealkylation sites (tertiary alicyclic amines) is 1. The van der Waals surface area contributed by atoms with E-state index in [1.807, 2.05) is 31.2 Å². The fraction of sp³-hybridized carbons (Fsp3) is 0.526. The smallest absolute Gasteiger partial charge is 0.326 e. The third-order valence-electron chi connectivity index (χ3n) is 4.34. The maximum atomic E-state index is 12.0. The summed E-state index contributed by atoms with van der Waals surface area (Å²) >= 11 is 0. The van der Waals surface area contributed by atoms with Gasteiger partial charge in [-0.15, -0.1) is 0 Å². The van der Waals surface area contributed by atoms with E-state index in [0.717, 1.165) is 24.8 Å². The van der Waals surface area contributed by atoms with E-state index in [0.29, 0.717) is 18.7 Å². The summed E-state index contributed by atoms with van der Waals surface area (Å²) in [7, 11) is 1.57. The van der Waals surface area contributed by atoms with E-state index in [1.54, 1.807) is 7.11 Å². The Balaban J connectivity index is 1.78. The Morgan fingerprint density at radius 2 is 2.00 bits per heavy atom. The van der Waals surface area contributed by atoms with Crippen molar-refractivity contribution >= 4 is 17.8 Å². The molecule has 0 aromatic heterocycles. The highest BCUT2D eigenvalue weighted by molar-refractivity contribution is 5.84. The molecule has 1 heterocycles. The molecule has 0 bridgehead atoms. The maximum Gasteiger partial charge on any atom is 0.326 e. The number of amides is 2. The molecule has 2 amide bonds. The Bertz CT molecular complexity index is 647. The number of carbonyl (C=O) groups is 3. The van der Waals surface area contributed by atoms with Gasteiger partial charge in [-0.05, 0) is 25.8 Å². The van der Waals surface area contributed by atoms with E-state index in [9.17, 15) is 14.4 Å². The Hall–Kier alpha value is -2.57. The molecule has 7 heteroatoms. The van der Waals surface area contributed by atoms with Gasteiger partial charge in [0.05, 0.1) is 13.2 Å². The average Bonchev–Trinajstić information content (AvgIpc) is 2.84. The van der Waals surface area contributed by atoms with Crippen molar-refractivity contribution < 1.29 is 23.9 Å². The highest BCUT2D eigenvalue weighted by Gasteiger charge is 2.21. The molecule has 1 aliphatic heterocycles. The summed E-state index contributed by atoms with van der Waals surface area (Å²) in [4.78, 5) is 37.3. The van der Waals surface area contributed by atoms with Gasteiger partial charge in [-0.1, -0.05) is 24.6 Å². The molecule has 1 N–H and O–H groups in total. The zero-order chi connectivity index (χ0) is 18.9. The molecule has 0 saturated carbocycles. The van der Waals surface area contributed by atoms with Gasteiger partial charge in [-0.3, -0.25) is 14.4 Å². The second-order valence-corrected chi connectivity index (χ2v) is 6.32. The second kappa shape index (κ2) is 9.79. The van der Waals surface area contributed by atoms with Crippen molar-refractivity contribution in [3.8, 4) is 5.75 Å². The highest BCUT2D eigenvalue weighted by Crippen LogP contribution is 2.24. The summed E-state index contributed by atoms with van der Waals surface area (Å²) in [6.07, 6.45) is 3.19. The van der Waals surface area contributed by atoms with Crippen molar-refractivity contribution in [1.82, 2.24) is 10.2 Å². The van der Waals surface area contributed by atoms with Gasteiger partial charge in [0.1, 0.15) is 12.3 Å². The van der Waals surface area contributed by atoms with E-state index in [4.69, 9.17) is 9.47 Å². The van der Waals surface area contributed by atoms with Gasteiger partial charge in [0.2, 0.25) is 5.91 Å². The third-order valence-corrected chi connectivity index (χ3v) is 4.34. The lowest BCUT2D eigenvalue weighted by atomic mass is 10.1. The van der Waals surface area contributed by atoms with E-state index in [2.05, 4.69) is 5.32 Å². The summed E-state index contributed by atoms with van der Waals surface area (Å²) in [5.74, 6) is -0.329. The molecular weight excluding hydrogens is 336 g/mol. The number of esters is 1. The lowest BCUT2D eigenvalue weighted by Gasteiger charge is -2.20. The number of carbonyl (C=O) groups excluding carboxylic acids is 3. The summed E-state index contributed by atoms with van der Waals surface area (Å²) in [6, 6.07) is 7.10. The lowest BCUT2D eigenvalue weighted by molar-refractivity contribution is -0.152. The summed E-state index contributed by atoms with van der Waals surface area (Å²) in [5, 5.41) is 2.77. The zero-order valence-electron chi connectivity index (χ0n) is 15.3. The first kappa shape index (κ1) is 19.8. The molecule has 1 fully saturated rings. The molecule has 26 heavy (non-hydrogen) atoms. The fourth-order valence-corrected chi connectivity index (χ4v) is 2.94. The van der Waals surface area contributed by atoms with Crippen molar-refractivity contribution in [3.05, 3.63) is 29.8 Å². The topological polar surface area (TPSA) is 84.9 Å². The molecule has 142 valence electrons. The molecule has 1 aromatic carbocycles. The van der Waals surface area contributed by atoms with Crippen LogP contribution in [-0.2, 0) is 19.1 Å². The van der Waals surface area contributed by atoms with Crippen LogP contribution in [0, 0.1) is 0 Å². The number of para-hydroxylation sites is 1. The molecule has 0 aliphatic carbocycles. The molecule has 1 unspecified atom stereocenters. The van der Waals surface area contributed by atoms with E-state index >= 15 is 0 Å².